The van der Waals surface area contributed by atoms with E-state index in [1.807, 2.05) is 25.9 Å². The van der Waals surface area contributed by atoms with Gasteiger partial charge in [0, 0.05) is 5.57 Å². The van der Waals surface area contributed by atoms with Crippen LogP contribution in [-0.4, -0.2) is 44.4 Å². The molecule has 0 saturated heterocycles. The molecule has 0 spiro atoms. The summed E-state index contributed by atoms with van der Waals surface area (Å²) >= 11 is 0. The van der Waals surface area contributed by atoms with Gasteiger partial charge in [-0.05, 0) is 27.9 Å². The van der Waals surface area contributed by atoms with Crippen molar-refractivity contribution in [3.05, 3.63) is 12.2 Å². The largest absolute Gasteiger partial charge is 0.460 e. The van der Waals surface area contributed by atoms with Crippen molar-refractivity contribution in [1.82, 2.24) is 4.90 Å². The second-order valence-corrected chi connectivity index (χ2v) is 3.56. The number of nitrogens with zero attached hydrogens (tertiary/aromatic N) is 1. The fourth-order valence-corrected chi connectivity index (χ4v) is 0.641. The molecule has 0 saturated carbocycles. The fourth-order valence-electron chi connectivity index (χ4n) is 0.641. The number of hydrogen-bond donors (Lipinski definition) is 0. The summed E-state index contributed by atoms with van der Waals surface area (Å²) < 4.78 is 10.3. The van der Waals surface area contributed by atoms with Crippen LogP contribution in [0, 0.1) is 0 Å². The zero-order valence-corrected chi connectivity index (χ0v) is 9.37. The van der Waals surface area contributed by atoms with E-state index in [9.17, 15) is 4.79 Å². The molecule has 1 unspecified atom stereocenters. The van der Waals surface area contributed by atoms with Crippen molar-refractivity contribution in [2.24, 2.45) is 0 Å². The molecule has 4 nitrogen and oxygen atoms in total. The second-order valence-electron chi connectivity index (χ2n) is 3.56. The van der Waals surface area contributed by atoms with E-state index in [1.165, 1.54) is 0 Å². The molecule has 0 fully saturated rings. The smallest absolute Gasteiger partial charge is 0.333 e. The van der Waals surface area contributed by atoms with Crippen LogP contribution in [0.5, 0.6) is 0 Å². The summed E-state index contributed by atoms with van der Waals surface area (Å²) in [7, 11) is 3.82. The van der Waals surface area contributed by atoms with E-state index < -0.39 is 0 Å². The summed E-state index contributed by atoms with van der Waals surface area (Å²) in [5.74, 6) is -0.370. The van der Waals surface area contributed by atoms with E-state index in [-0.39, 0.29) is 18.7 Å². The fraction of sp³-hybridized carbons (Fsp3) is 0.700. The van der Waals surface area contributed by atoms with E-state index in [0.717, 1.165) is 0 Å². The summed E-state index contributed by atoms with van der Waals surface area (Å²) in [6.45, 7) is 7.74. The van der Waals surface area contributed by atoms with Gasteiger partial charge in [-0.1, -0.05) is 6.58 Å². The molecule has 4 heteroatoms. The molecule has 0 aromatic rings. The van der Waals surface area contributed by atoms with Gasteiger partial charge >= 0.3 is 5.97 Å². The third-order valence-electron chi connectivity index (χ3n) is 1.41. The summed E-state index contributed by atoms with van der Waals surface area (Å²) in [6.07, 6.45) is -0.0966. The first-order valence-electron chi connectivity index (χ1n) is 4.52. The number of ether oxygens (including phenoxy) is 2. The minimum atomic E-state index is -0.370. The van der Waals surface area contributed by atoms with Crippen LogP contribution in [0.25, 0.3) is 0 Å². The molecule has 14 heavy (non-hydrogen) atoms. The van der Waals surface area contributed by atoms with Crippen LogP contribution in [0.15, 0.2) is 12.2 Å². The van der Waals surface area contributed by atoms with Crippen LogP contribution in [-0.2, 0) is 14.3 Å². The van der Waals surface area contributed by atoms with E-state index in [0.29, 0.717) is 12.3 Å². The van der Waals surface area contributed by atoms with Gasteiger partial charge in [0.05, 0.1) is 12.8 Å². The standard InChI is InChI=1S/C10H19NO3/c1-8(2)10(12)13-6-9(3)14-7-11(4)5/h9H,1,6-7H2,2-5H3. The van der Waals surface area contributed by atoms with Crippen molar-refractivity contribution >= 4 is 5.97 Å². The molecule has 82 valence electrons. The lowest BCUT2D eigenvalue weighted by atomic mass is 10.3. The summed E-state index contributed by atoms with van der Waals surface area (Å²) in [5.41, 5.74) is 0.407. The number of rotatable bonds is 6. The van der Waals surface area contributed by atoms with Crippen LogP contribution in [0.1, 0.15) is 13.8 Å². The Morgan fingerprint density at radius 2 is 2.07 bits per heavy atom. The molecule has 0 N–H and O–H groups in total. The highest BCUT2D eigenvalue weighted by molar-refractivity contribution is 5.86. The average molecular weight is 201 g/mol. The molecule has 0 aliphatic rings. The molecule has 1 atom stereocenters. The zero-order valence-electron chi connectivity index (χ0n) is 9.37. The number of esters is 1. The van der Waals surface area contributed by atoms with Crippen LogP contribution in [0.3, 0.4) is 0 Å². The van der Waals surface area contributed by atoms with Crippen molar-refractivity contribution in [1.29, 1.82) is 0 Å². The highest BCUT2D eigenvalue weighted by atomic mass is 16.6. The SMILES string of the molecule is C=C(C)C(=O)OCC(C)OCN(C)C. The molecular formula is C10H19NO3. The molecule has 0 amide bonds. The molecule has 0 aromatic carbocycles. The van der Waals surface area contributed by atoms with Gasteiger partial charge < -0.3 is 9.47 Å². The maximum atomic E-state index is 11.0. The third-order valence-corrected chi connectivity index (χ3v) is 1.41. The highest BCUT2D eigenvalue weighted by Gasteiger charge is 2.07. The van der Waals surface area contributed by atoms with Gasteiger partial charge in [0.2, 0.25) is 0 Å². The van der Waals surface area contributed by atoms with Crippen molar-refractivity contribution in [2.45, 2.75) is 20.0 Å². The Morgan fingerprint density at radius 3 is 2.50 bits per heavy atom. The first-order chi connectivity index (χ1) is 6.43. The first kappa shape index (κ1) is 13.1. The van der Waals surface area contributed by atoms with Crippen molar-refractivity contribution in [2.75, 3.05) is 27.4 Å². The number of hydrogen-bond acceptors (Lipinski definition) is 4. The monoisotopic (exact) mass is 201 g/mol. The predicted octanol–water partition coefficient (Wildman–Crippen LogP) is 1.03. The van der Waals surface area contributed by atoms with E-state index in [1.54, 1.807) is 6.92 Å². The quantitative estimate of drug-likeness (QED) is 0.365. The van der Waals surface area contributed by atoms with Crippen LogP contribution >= 0.6 is 0 Å². The second kappa shape index (κ2) is 6.56. The molecule has 0 aromatic heterocycles. The van der Waals surface area contributed by atoms with Gasteiger partial charge in [0.1, 0.15) is 6.61 Å². The Balaban J connectivity index is 3.58. The zero-order chi connectivity index (χ0) is 11.1. The van der Waals surface area contributed by atoms with Crippen molar-refractivity contribution in [3.63, 3.8) is 0 Å². The molecule has 0 heterocycles. The lowest BCUT2D eigenvalue weighted by Gasteiger charge is -2.16. The normalized spacial score (nSPS) is 12.6. The summed E-state index contributed by atoms with van der Waals surface area (Å²) in [5, 5.41) is 0. The van der Waals surface area contributed by atoms with E-state index >= 15 is 0 Å². The Bertz CT molecular complexity index is 202. The molecule has 0 bridgehead atoms. The predicted molar refractivity (Wildman–Crippen MR) is 54.9 cm³/mol. The third kappa shape index (κ3) is 6.62. The van der Waals surface area contributed by atoms with Crippen molar-refractivity contribution < 1.29 is 14.3 Å². The maximum absolute atomic E-state index is 11.0. The maximum Gasteiger partial charge on any atom is 0.333 e. The topological polar surface area (TPSA) is 38.8 Å². The van der Waals surface area contributed by atoms with Crippen LogP contribution in [0.2, 0.25) is 0 Å². The molecular weight excluding hydrogens is 182 g/mol. The Hall–Kier alpha value is -0.870. The lowest BCUT2D eigenvalue weighted by molar-refractivity contribution is -0.143. The summed E-state index contributed by atoms with van der Waals surface area (Å²) in [4.78, 5) is 12.9. The summed E-state index contributed by atoms with van der Waals surface area (Å²) in [6, 6.07) is 0. The molecule has 0 rings (SSSR count). The Labute approximate surface area is 85.5 Å². The van der Waals surface area contributed by atoms with Crippen molar-refractivity contribution in [3.8, 4) is 0 Å². The van der Waals surface area contributed by atoms with E-state index in [2.05, 4.69) is 6.58 Å². The molecule has 0 radical (unpaired) electrons. The van der Waals surface area contributed by atoms with Gasteiger partial charge in [-0.3, -0.25) is 4.90 Å². The average Bonchev–Trinajstić information content (AvgIpc) is 2.10. The van der Waals surface area contributed by atoms with Gasteiger partial charge in [-0.2, -0.15) is 0 Å². The van der Waals surface area contributed by atoms with E-state index in [4.69, 9.17) is 9.47 Å². The number of carbonyl (C=O) groups excluding carboxylic acids is 1. The Morgan fingerprint density at radius 1 is 1.50 bits per heavy atom. The number of carbonyl (C=O) groups is 1. The van der Waals surface area contributed by atoms with Crippen LogP contribution in [0.4, 0.5) is 0 Å². The van der Waals surface area contributed by atoms with Gasteiger partial charge in [0.25, 0.3) is 0 Å². The minimum absolute atomic E-state index is 0.0966. The first-order valence-corrected chi connectivity index (χ1v) is 4.52. The van der Waals surface area contributed by atoms with Gasteiger partial charge in [0.15, 0.2) is 0 Å². The highest BCUT2D eigenvalue weighted by Crippen LogP contribution is 1.97. The van der Waals surface area contributed by atoms with Crippen LogP contribution < -0.4 is 0 Å². The Kier molecular flexibility index (Phi) is 6.16. The molecule has 0 aliphatic heterocycles. The minimum Gasteiger partial charge on any atom is -0.460 e. The lowest BCUT2D eigenvalue weighted by Crippen LogP contribution is -2.25. The molecule has 0 aliphatic carbocycles. The van der Waals surface area contributed by atoms with Gasteiger partial charge in [-0.25, -0.2) is 4.79 Å². The van der Waals surface area contributed by atoms with Gasteiger partial charge in [-0.15, -0.1) is 0 Å².